The fourth-order valence-corrected chi connectivity index (χ4v) is 1.09. The number of carboxylic acid groups (broad SMARTS) is 1. The van der Waals surface area contributed by atoms with Crippen LogP contribution < -0.4 is 0 Å². The van der Waals surface area contributed by atoms with Crippen LogP contribution in [0.2, 0.25) is 0 Å². The molecule has 1 N–H and O–H groups in total. The third-order valence-corrected chi connectivity index (χ3v) is 1.70. The first kappa shape index (κ1) is 10.6. The number of aryl methyl sites for hydroxylation is 1. The van der Waals surface area contributed by atoms with Crippen molar-refractivity contribution in [3.05, 3.63) is 18.0 Å². The summed E-state index contributed by atoms with van der Waals surface area (Å²) in [4.78, 5) is 10.2. The van der Waals surface area contributed by atoms with Crippen LogP contribution in [0, 0.1) is 0 Å². The lowest BCUT2D eigenvalue weighted by Gasteiger charge is -2.12. The van der Waals surface area contributed by atoms with Gasteiger partial charge in [-0.3, -0.25) is 9.48 Å². The molecule has 0 fully saturated rings. The highest BCUT2D eigenvalue weighted by Crippen LogP contribution is 2.26. The van der Waals surface area contributed by atoms with Gasteiger partial charge in [-0.15, -0.1) is 0 Å². The van der Waals surface area contributed by atoms with Gasteiger partial charge in [0, 0.05) is 13.1 Å². The number of carbonyl (C=O) groups is 1. The van der Waals surface area contributed by atoms with E-state index in [0.717, 1.165) is 11.6 Å². The minimum absolute atomic E-state index is 0.0406. The van der Waals surface area contributed by atoms with Crippen LogP contribution in [0.1, 0.15) is 19.0 Å². The largest absolute Gasteiger partial charge is 0.481 e. The molecule has 1 heterocycles. The predicted octanol–water partition coefficient (Wildman–Crippen LogP) is 1.47. The number of nitrogens with zero attached hydrogens (tertiary/aromatic N) is 2. The second kappa shape index (κ2) is 3.73. The van der Waals surface area contributed by atoms with Crippen LogP contribution in [-0.2, 0) is 17.3 Å². The Balaban J connectivity index is 2.78. The lowest BCUT2D eigenvalue weighted by molar-refractivity contribution is -0.137. The molecule has 6 heteroatoms. The number of halogens is 2. The summed E-state index contributed by atoms with van der Waals surface area (Å²) in [5.41, 5.74) is -0.265. The average molecular weight is 204 g/mol. The SMILES string of the molecule is CC(F)(F)c1ccnn1CCC(=O)O. The summed E-state index contributed by atoms with van der Waals surface area (Å²) in [6.07, 6.45) is 1.01. The van der Waals surface area contributed by atoms with E-state index in [1.54, 1.807) is 0 Å². The lowest BCUT2D eigenvalue weighted by Crippen LogP contribution is -2.17. The molecule has 0 unspecified atom stereocenters. The maximum Gasteiger partial charge on any atom is 0.305 e. The number of hydrogen-bond donors (Lipinski definition) is 1. The first-order chi connectivity index (χ1) is 6.41. The van der Waals surface area contributed by atoms with E-state index in [1.165, 1.54) is 12.3 Å². The smallest absolute Gasteiger partial charge is 0.305 e. The summed E-state index contributed by atoms with van der Waals surface area (Å²) in [6, 6.07) is 1.18. The Morgan fingerprint density at radius 3 is 2.86 bits per heavy atom. The van der Waals surface area contributed by atoms with E-state index in [1.807, 2.05) is 0 Å². The zero-order valence-corrected chi connectivity index (χ0v) is 7.57. The minimum Gasteiger partial charge on any atom is -0.481 e. The monoisotopic (exact) mass is 204 g/mol. The zero-order valence-electron chi connectivity index (χ0n) is 7.57. The molecule has 1 aromatic heterocycles. The summed E-state index contributed by atoms with van der Waals surface area (Å²) >= 11 is 0. The molecule has 0 aliphatic heterocycles. The standard InChI is InChI=1S/C8H10F2N2O2/c1-8(9,10)6-2-4-11-12(6)5-3-7(13)14/h2,4H,3,5H2,1H3,(H,13,14). The molecule has 0 bridgehead atoms. The maximum atomic E-state index is 12.9. The number of hydrogen-bond acceptors (Lipinski definition) is 2. The molecule has 0 saturated carbocycles. The van der Waals surface area contributed by atoms with Crippen LogP contribution in [-0.4, -0.2) is 20.9 Å². The number of aliphatic carboxylic acids is 1. The number of rotatable bonds is 4. The average Bonchev–Trinajstić information content (AvgIpc) is 2.46. The molecule has 0 radical (unpaired) electrons. The third-order valence-electron chi connectivity index (χ3n) is 1.70. The highest BCUT2D eigenvalue weighted by Gasteiger charge is 2.28. The molecular weight excluding hydrogens is 194 g/mol. The quantitative estimate of drug-likeness (QED) is 0.807. The molecule has 78 valence electrons. The maximum absolute atomic E-state index is 12.9. The van der Waals surface area contributed by atoms with Crippen molar-refractivity contribution in [2.45, 2.75) is 25.8 Å². The van der Waals surface area contributed by atoms with Crippen LogP contribution in [0.5, 0.6) is 0 Å². The number of alkyl halides is 2. The zero-order chi connectivity index (χ0) is 10.8. The highest BCUT2D eigenvalue weighted by molar-refractivity contribution is 5.66. The van der Waals surface area contributed by atoms with Gasteiger partial charge in [-0.1, -0.05) is 0 Å². The summed E-state index contributed by atoms with van der Waals surface area (Å²) in [5, 5.41) is 12.0. The second-order valence-electron chi connectivity index (χ2n) is 2.97. The number of carboxylic acids is 1. The topological polar surface area (TPSA) is 55.1 Å². The first-order valence-corrected chi connectivity index (χ1v) is 4.03. The van der Waals surface area contributed by atoms with Crippen LogP contribution >= 0.6 is 0 Å². The first-order valence-electron chi connectivity index (χ1n) is 4.03. The molecule has 0 aliphatic carbocycles. The van der Waals surface area contributed by atoms with Crippen LogP contribution in [0.15, 0.2) is 12.3 Å². The van der Waals surface area contributed by atoms with Gasteiger partial charge in [-0.2, -0.15) is 13.9 Å². The van der Waals surface area contributed by atoms with Gasteiger partial charge in [0.05, 0.1) is 13.0 Å². The van der Waals surface area contributed by atoms with Crippen molar-refractivity contribution in [1.82, 2.24) is 9.78 Å². The van der Waals surface area contributed by atoms with E-state index in [4.69, 9.17) is 5.11 Å². The van der Waals surface area contributed by atoms with Crippen LogP contribution in [0.4, 0.5) is 8.78 Å². The van der Waals surface area contributed by atoms with Gasteiger partial charge in [0.1, 0.15) is 5.69 Å². The molecule has 4 nitrogen and oxygen atoms in total. The molecule has 0 atom stereocenters. The van der Waals surface area contributed by atoms with Crippen molar-refractivity contribution < 1.29 is 18.7 Å². The van der Waals surface area contributed by atoms with Gasteiger partial charge in [0.25, 0.3) is 5.92 Å². The lowest BCUT2D eigenvalue weighted by atomic mass is 10.2. The Hall–Kier alpha value is -1.46. The fraction of sp³-hybridized carbons (Fsp3) is 0.500. The Morgan fingerprint density at radius 1 is 1.71 bits per heavy atom. The third kappa shape index (κ3) is 2.51. The molecule has 14 heavy (non-hydrogen) atoms. The Bertz CT molecular complexity index is 330. The van der Waals surface area contributed by atoms with Crippen LogP contribution in [0.25, 0.3) is 0 Å². The molecule has 0 amide bonds. The van der Waals surface area contributed by atoms with Crippen molar-refractivity contribution in [1.29, 1.82) is 0 Å². The fourth-order valence-electron chi connectivity index (χ4n) is 1.09. The minimum atomic E-state index is -2.99. The summed E-state index contributed by atoms with van der Waals surface area (Å²) in [7, 11) is 0. The normalized spacial score (nSPS) is 11.6. The van der Waals surface area contributed by atoms with Gasteiger partial charge in [0.15, 0.2) is 0 Å². The molecule has 1 rings (SSSR count). The van der Waals surface area contributed by atoms with Crippen molar-refractivity contribution >= 4 is 5.97 Å². The molecule has 0 aliphatic rings. The van der Waals surface area contributed by atoms with Crippen molar-refractivity contribution in [2.24, 2.45) is 0 Å². The van der Waals surface area contributed by atoms with E-state index >= 15 is 0 Å². The van der Waals surface area contributed by atoms with Gasteiger partial charge in [-0.25, -0.2) is 0 Å². The Morgan fingerprint density at radius 2 is 2.36 bits per heavy atom. The second-order valence-corrected chi connectivity index (χ2v) is 2.97. The summed E-state index contributed by atoms with van der Waals surface area (Å²) in [5.74, 6) is -4.03. The van der Waals surface area contributed by atoms with E-state index in [2.05, 4.69) is 5.10 Å². The molecule has 1 aromatic rings. The van der Waals surface area contributed by atoms with E-state index in [0.29, 0.717) is 0 Å². The van der Waals surface area contributed by atoms with Gasteiger partial charge in [0.2, 0.25) is 0 Å². The van der Waals surface area contributed by atoms with Gasteiger partial charge >= 0.3 is 5.97 Å². The Labute approximate surface area is 79.2 Å². The number of aromatic nitrogens is 2. The van der Waals surface area contributed by atoms with E-state index in [-0.39, 0.29) is 18.7 Å². The van der Waals surface area contributed by atoms with Gasteiger partial charge < -0.3 is 5.11 Å². The van der Waals surface area contributed by atoms with Crippen LogP contribution in [0.3, 0.4) is 0 Å². The van der Waals surface area contributed by atoms with E-state index < -0.39 is 11.9 Å². The van der Waals surface area contributed by atoms with Gasteiger partial charge in [-0.05, 0) is 6.07 Å². The van der Waals surface area contributed by atoms with E-state index in [9.17, 15) is 13.6 Å². The molecule has 0 spiro atoms. The van der Waals surface area contributed by atoms with Crippen molar-refractivity contribution in [3.8, 4) is 0 Å². The summed E-state index contributed by atoms with van der Waals surface area (Å²) < 4.78 is 26.7. The highest BCUT2D eigenvalue weighted by atomic mass is 19.3. The molecular formula is C8H10F2N2O2. The Kier molecular flexibility index (Phi) is 2.83. The van der Waals surface area contributed by atoms with Crippen molar-refractivity contribution in [2.75, 3.05) is 0 Å². The summed E-state index contributed by atoms with van der Waals surface area (Å²) in [6.45, 7) is 0.711. The molecule has 0 aromatic carbocycles. The predicted molar refractivity (Wildman–Crippen MR) is 44.0 cm³/mol. The molecule has 0 saturated heterocycles. The van der Waals surface area contributed by atoms with Crippen molar-refractivity contribution in [3.63, 3.8) is 0 Å².